The van der Waals surface area contributed by atoms with Gasteiger partial charge in [-0.15, -0.1) is 0 Å². The van der Waals surface area contributed by atoms with Crippen molar-refractivity contribution in [2.24, 2.45) is 23.2 Å². The lowest BCUT2D eigenvalue weighted by molar-refractivity contribution is -0.137. The zero-order valence-electron chi connectivity index (χ0n) is 18.7. The van der Waals surface area contributed by atoms with E-state index in [9.17, 15) is 9.59 Å². The molecule has 0 aromatic heterocycles. The molecule has 4 bridgehead atoms. The third-order valence-electron chi connectivity index (χ3n) is 7.94. The van der Waals surface area contributed by atoms with Crippen molar-refractivity contribution in [3.8, 4) is 0 Å². The minimum Gasteiger partial charge on any atom is -0.466 e. The third-order valence-corrected chi connectivity index (χ3v) is 8.17. The van der Waals surface area contributed by atoms with Crippen LogP contribution in [-0.4, -0.2) is 37.6 Å². The van der Waals surface area contributed by atoms with Crippen molar-refractivity contribution < 1.29 is 19.1 Å². The van der Waals surface area contributed by atoms with Crippen LogP contribution in [0, 0.1) is 23.2 Å². The first-order valence-electron chi connectivity index (χ1n) is 11.5. The minimum absolute atomic E-state index is 0.257. The average Bonchev–Trinajstić information content (AvgIpc) is 2.76. The van der Waals surface area contributed by atoms with E-state index in [0.29, 0.717) is 16.2 Å². The second-order valence-electron chi connectivity index (χ2n) is 10.2. The largest absolute Gasteiger partial charge is 0.466 e. The molecule has 0 amide bonds. The molecule has 0 radical (unpaired) electrons. The molecule has 32 heavy (non-hydrogen) atoms. The second kappa shape index (κ2) is 8.26. The molecule has 0 spiro atoms. The van der Waals surface area contributed by atoms with E-state index < -0.39 is 17.9 Å². The first kappa shape index (κ1) is 21.6. The van der Waals surface area contributed by atoms with E-state index in [2.05, 4.69) is 0 Å². The Bertz CT molecular complexity index is 928. The molecule has 0 saturated heterocycles. The summed E-state index contributed by atoms with van der Waals surface area (Å²) in [6.07, 6.45) is 11.6. The van der Waals surface area contributed by atoms with Crippen LogP contribution in [0.5, 0.6) is 0 Å². The number of benzene rings is 1. The van der Waals surface area contributed by atoms with Crippen LogP contribution in [0.15, 0.2) is 47.8 Å². The van der Waals surface area contributed by atoms with Crippen molar-refractivity contribution in [2.45, 2.75) is 44.4 Å². The maximum atomic E-state index is 12.9. The van der Waals surface area contributed by atoms with Gasteiger partial charge in [-0.1, -0.05) is 23.7 Å². The molecule has 1 heterocycles. The fraction of sp³-hybridized carbons (Fsp3) is 0.538. The summed E-state index contributed by atoms with van der Waals surface area (Å²) in [5, 5.41) is 0.548. The van der Waals surface area contributed by atoms with Crippen LogP contribution >= 0.6 is 11.6 Å². The number of rotatable bonds is 5. The zero-order valence-corrected chi connectivity index (χ0v) is 19.4. The lowest BCUT2D eigenvalue weighted by Gasteiger charge is -2.57. The SMILES string of the molecule is COC(=O)C1=CN(CC23CC4CC(CC(C4)C2)C3)C=C(C(=O)OC)C1c1cccc(Cl)c1. The van der Waals surface area contributed by atoms with E-state index in [0.717, 1.165) is 29.9 Å². The number of halogens is 1. The summed E-state index contributed by atoms with van der Waals surface area (Å²) in [5.41, 5.74) is 1.89. The van der Waals surface area contributed by atoms with E-state index in [1.165, 1.54) is 52.7 Å². The Kier molecular flexibility index (Phi) is 5.56. The molecule has 4 saturated carbocycles. The van der Waals surface area contributed by atoms with Gasteiger partial charge in [-0.05, 0) is 79.4 Å². The van der Waals surface area contributed by atoms with Crippen LogP contribution in [0.1, 0.15) is 50.0 Å². The molecule has 6 heteroatoms. The van der Waals surface area contributed by atoms with E-state index in [1.54, 1.807) is 12.1 Å². The summed E-state index contributed by atoms with van der Waals surface area (Å²) >= 11 is 6.24. The smallest absolute Gasteiger partial charge is 0.336 e. The first-order chi connectivity index (χ1) is 15.4. The standard InChI is InChI=1S/C26H30ClNO4/c1-31-24(29)21-13-28(15-26-10-16-6-17(11-26)8-18(7-16)12-26)14-22(25(30)32-2)23(21)19-4-3-5-20(27)9-19/h3-5,9,13-14,16-18,23H,6-8,10-12,15H2,1-2H3. The van der Waals surface area contributed by atoms with Crippen LogP contribution in [0.3, 0.4) is 0 Å². The molecular formula is C26H30ClNO4. The van der Waals surface area contributed by atoms with Crippen molar-refractivity contribution >= 4 is 23.5 Å². The van der Waals surface area contributed by atoms with Crippen LogP contribution in [-0.2, 0) is 19.1 Å². The molecule has 0 atom stereocenters. The van der Waals surface area contributed by atoms with Crippen molar-refractivity contribution in [2.75, 3.05) is 20.8 Å². The normalized spacial score (nSPS) is 31.2. The number of hydrogen-bond donors (Lipinski definition) is 0. The summed E-state index contributed by atoms with van der Waals surface area (Å²) in [5.74, 6) is 1.02. The van der Waals surface area contributed by atoms with Gasteiger partial charge in [-0.3, -0.25) is 0 Å². The molecule has 4 aliphatic carbocycles. The molecule has 5 aliphatic rings. The van der Waals surface area contributed by atoms with E-state index in [1.807, 2.05) is 29.4 Å². The number of nitrogens with zero attached hydrogens (tertiary/aromatic N) is 1. The Labute approximate surface area is 194 Å². The Morgan fingerprint density at radius 2 is 1.50 bits per heavy atom. The van der Waals surface area contributed by atoms with Gasteiger partial charge in [0.25, 0.3) is 0 Å². The van der Waals surface area contributed by atoms with Crippen molar-refractivity contribution in [3.05, 3.63) is 58.4 Å². The van der Waals surface area contributed by atoms with Gasteiger partial charge in [-0.25, -0.2) is 9.59 Å². The highest BCUT2D eigenvalue weighted by Crippen LogP contribution is 2.60. The molecule has 5 nitrogen and oxygen atoms in total. The summed E-state index contributed by atoms with van der Waals surface area (Å²) in [4.78, 5) is 27.8. The van der Waals surface area contributed by atoms with Crippen LogP contribution < -0.4 is 0 Å². The highest BCUT2D eigenvalue weighted by molar-refractivity contribution is 6.30. The van der Waals surface area contributed by atoms with Crippen molar-refractivity contribution in [1.82, 2.24) is 4.90 Å². The molecule has 0 unspecified atom stereocenters. The number of esters is 2. The summed E-state index contributed by atoms with van der Waals surface area (Å²) in [6, 6.07) is 7.26. The van der Waals surface area contributed by atoms with Gasteiger partial charge in [0.1, 0.15) is 0 Å². The van der Waals surface area contributed by atoms with Crippen molar-refractivity contribution in [1.29, 1.82) is 0 Å². The first-order valence-corrected chi connectivity index (χ1v) is 11.9. The Morgan fingerprint density at radius 1 is 0.969 bits per heavy atom. The number of carbonyl (C=O) groups is 2. The molecule has 170 valence electrons. The predicted octanol–water partition coefficient (Wildman–Crippen LogP) is 5.07. The monoisotopic (exact) mass is 455 g/mol. The number of methoxy groups -OCH3 is 2. The van der Waals surface area contributed by atoms with E-state index >= 15 is 0 Å². The Hall–Kier alpha value is -2.27. The number of carbonyl (C=O) groups excluding carboxylic acids is 2. The van der Waals surface area contributed by atoms with Crippen LogP contribution in [0.2, 0.25) is 5.02 Å². The topological polar surface area (TPSA) is 55.8 Å². The van der Waals surface area contributed by atoms with E-state index in [4.69, 9.17) is 21.1 Å². The highest BCUT2D eigenvalue weighted by Gasteiger charge is 2.51. The van der Waals surface area contributed by atoms with Crippen LogP contribution in [0.25, 0.3) is 0 Å². The van der Waals surface area contributed by atoms with Crippen molar-refractivity contribution in [3.63, 3.8) is 0 Å². The quantitative estimate of drug-likeness (QED) is 0.580. The lowest BCUT2D eigenvalue weighted by Crippen LogP contribution is -2.50. The predicted molar refractivity (Wildman–Crippen MR) is 122 cm³/mol. The molecule has 1 aliphatic heterocycles. The van der Waals surface area contributed by atoms with Gasteiger partial charge in [0.2, 0.25) is 0 Å². The van der Waals surface area contributed by atoms with Gasteiger partial charge in [0, 0.05) is 24.0 Å². The van der Waals surface area contributed by atoms with Gasteiger partial charge in [0.05, 0.1) is 31.3 Å². The number of ether oxygens (including phenoxy) is 2. The fourth-order valence-corrected chi connectivity index (χ4v) is 7.49. The van der Waals surface area contributed by atoms with Gasteiger partial charge >= 0.3 is 11.9 Å². The Balaban J connectivity index is 1.52. The Morgan fingerprint density at radius 3 is 1.97 bits per heavy atom. The fourth-order valence-electron chi connectivity index (χ4n) is 7.30. The zero-order chi connectivity index (χ0) is 22.5. The maximum Gasteiger partial charge on any atom is 0.336 e. The summed E-state index contributed by atoms with van der Waals surface area (Å²) in [6.45, 7) is 0.819. The van der Waals surface area contributed by atoms with Gasteiger partial charge in [0.15, 0.2) is 0 Å². The van der Waals surface area contributed by atoms with Gasteiger partial charge in [-0.2, -0.15) is 0 Å². The second-order valence-corrected chi connectivity index (χ2v) is 10.7. The van der Waals surface area contributed by atoms with Crippen LogP contribution in [0.4, 0.5) is 0 Å². The molecule has 6 rings (SSSR count). The lowest BCUT2D eigenvalue weighted by atomic mass is 9.49. The molecule has 1 aromatic rings. The summed E-state index contributed by atoms with van der Waals surface area (Å²) in [7, 11) is 2.75. The number of hydrogen-bond acceptors (Lipinski definition) is 5. The highest BCUT2D eigenvalue weighted by atomic mass is 35.5. The third kappa shape index (κ3) is 3.85. The minimum atomic E-state index is -0.582. The van der Waals surface area contributed by atoms with Gasteiger partial charge < -0.3 is 14.4 Å². The average molecular weight is 456 g/mol. The summed E-state index contributed by atoms with van der Waals surface area (Å²) < 4.78 is 10.3. The molecular weight excluding hydrogens is 426 g/mol. The molecule has 1 aromatic carbocycles. The maximum absolute atomic E-state index is 12.9. The molecule has 0 N–H and O–H groups in total. The van der Waals surface area contributed by atoms with E-state index in [-0.39, 0.29) is 5.41 Å². The molecule has 4 fully saturated rings.